The normalized spacial score (nSPS) is 23.2. The highest BCUT2D eigenvalue weighted by Gasteiger charge is 2.25. The molecule has 2 nitrogen and oxygen atoms in total. The molecule has 20 heavy (non-hydrogen) atoms. The minimum atomic E-state index is 0.728. The molecule has 0 spiro atoms. The lowest BCUT2D eigenvalue weighted by Gasteiger charge is -2.32. The monoisotopic (exact) mass is 294 g/mol. The fourth-order valence-electron chi connectivity index (χ4n) is 3.23. The van der Waals surface area contributed by atoms with Gasteiger partial charge in [0.15, 0.2) is 0 Å². The Morgan fingerprint density at radius 1 is 1.30 bits per heavy atom. The number of hydrogen-bond donors (Lipinski definition) is 1. The summed E-state index contributed by atoms with van der Waals surface area (Å²) >= 11 is 6.26. The fraction of sp³-hybridized carbons (Fsp3) is 0.706. The molecule has 2 rings (SSSR count). The Morgan fingerprint density at radius 3 is 2.75 bits per heavy atom. The first-order valence-corrected chi connectivity index (χ1v) is 8.33. The van der Waals surface area contributed by atoms with Crippen LogP contribution in [0.25, 0.3) is 0 Å². The molecule has 1 saturated carbocycles. The Labute approximate surface area is 128 Å². The summed E-state index contributed by atoms with van der Waals surface area (Å²) in [7, 11) is 0. The van der Waals surface area contributed by atoms with Crippen molar-refractivity contribution in [3.8, 4) is 0 Å². The molecule has 0 bridgehead atoms. The van der Waals surface area contributed by atoms with Crippen molar-refractivity contribution in [3.05, 3.63) is 29.0 Å². The van der Waals surface area contributed by atoms with Crippen LogP contribution in [0.2, 0.25) is 5.02 Å². The topological polar surface area (TPSA) is 24.9 Å². The zero-order valence-electron chi connectivity index (χ0n) is 12.7. The quantitative estimate of drug-likeness (QED) is 0.845. The third-order valence-corrected chi connectivity index (χ3v) is 4.70. The summed E-state index contributed by atoms with van der Waals surface area (Å²) in [5, 5.41) is 4.47. The summed E-state index contributed by atoms with van der Waals surface area (Å²) in [6.07, 6.45) is 10.2. The molecule has 1 heterocycles. The summed E-state index contributed by atoms with van der Waals surface area (Å²) in [6, 6.07) is 2.08. The molecule has 1 aliphatic rings. The Balaban J connectivity index is 1.91. The third kappa shape index (κ3) is 4.75. The van der Waals surface area contributed by atoms with Crippen LogP contribution in [0.5, 0.6) is 0 Å². The maximum absolute atomic E-state index is 6.26. The van der Waals surface area contributed by atoms with Crippen LogP contribution in [0.1, 0.15) is 45.1 Å². The predicted octanol–water partition coefficient (Wildman–Crippen LogP) is 4.33. The van der Waals surface area contributed by atoms with Crippen LogP contribution >= 0.6 is 11.6 Å². The van der Waals surface area contributed by atoms with E-state index in [9.17, 15) is 0 Å². The van der Waals surface area contributed by atoms with Crippen LogP contribution in [0.3, 0.4) is 0 Å². The number of aromatic nitrogens is 1. The molecule has 3 heteroatoms. The second-order valence-corrected chi connectivity index (χ2v) is 6.94. The van der Waals surface area contributed by atoms with Crippen LogP contribution in [-0.4, -0.2) is 18.1 Å². The molecule has 0 amide bonds. The number of nitrogens with zero attached hydrogens (tertiary/aromatic N) is 1. The molecule has 1 aromatic heterocycles. The molecule has 112 valence electrons. The van der Waals surface area contributed by atoms with E-state index >= 15 is 0 Å². The second kappa shape index (κ2) is 7.99. The predicted molar refractivity (Wildman–Crippen MR) is 86.1 cm³/mol. The number of hydrogen-bond acceptors (Lipinski definition) is 2. The highest BCUT2D eigenvalue weighted by atomic mass is 35.5. The van der Waals surface area contributed by atoms with E-state index < -0.39 is 0 Å². The molecule has 0 saturated heterocycles. The van der Waals surface area contributed by atoms with Crippen molar-refractivity contribution >= 4 is 11.6 Å². The molecular formula is C17H27ClN2. The maximum Gasteiger partial charge on any atom is 0.0621 e. The van der Waals surface area contributed by atoms with Crippen molar-refractivity contribution in [3.63, 3.8) is 0 Å². The van der Waals surface area contributed by atoms with E-state index in [1.54, 1.807) is 6.20 Å². The van der Waals surface area contributed by atoms with E-state index in [2.05, 4.69) is 30.2 Å². The molecule has 0 aromatic carbocycles. The molecule has 0 aliphatic heterocycles. The van der Waals surface area contributed by atoms with E-state index in [0.717, 1.165) is 42.3 Å². The van der Waals surface area contributed by atoms with Gasteiger partial charge in [-0.15, -0.1) is 0 Å². The Hall–Kier alpha value is -0.600. The van der Waals surface area contributed by atoms with Crippen LogP contribution < -0.4 is 5.32 Å². The van der Waals surface area contributed by atoms with Crippen molar-refractivity contribution in [1.82, 2.24) is 10.3 Å². The first-order chi connectivity index (χ1) is 9.66. The zero-order chi connectivity index (χ0) is 14.4. The molecule has 2 unspecified atom stereocenters. The largest absolute Gasteiger partial charge is 0.316 e. The van der Waals surface area contributed by atoms with E-state index in [-0.39, 0.29) is 0 Å². The van der Waals surface area contributed by atoms with Crippen LogP contribution in [0.15, 0.2) is 18.5 Å². The van der Waals surface area contributed by atoms with Crippen molar-refractivity contribution in [2.45, 2.75) is 46.0 Å². The van der Waals surface area contributed by atoms with Gasteiger partial charge in [0.2, 0.25) is 0 Å². The summed E-state index contributed by atoms with van der Waals surface area (Å²) in [6.45, 7) is 6.81. The molecule has 1 N–H and O–H groups in total. The van der Waals surface area contributed by atoms with Gasteiger partial charge in [-0.25, -0.2) is 0 Å². The zero-order valence-corrected chi connectivity index (χ0v) is 13.5. The standard InChI is InChI=1S/C17H27ClN2/c1-13(2)10-20-11-16-6-4-3-5-14(16)9-15-7-8-19-12-17(15)18/h7-8,12-14,16,20H,3-6,9-11H2,1-2H3. The van der Waals surface area contributed by atoms with Crippen LogP contribution in [0, 0.1) is 17.8 Å². The van der Waals surface area contributed by atoms with Crippen molar-refractivity contribution < 1.29 is 0 Å². The van der Waals surface area contributed by atoms with Gasteiger partial charge in [0.05, 0.1) is 5.02 Å². The summed E-state index contributed by atoms with van der Waals surface area (Å²) in [5.74, 6) is 2.29. The SMILES string of the molecule is CC(C)CNCC1CCCCC1Cc1ccncc1Cl. The Morgan fingerprint density at radius 2 is 2.05 bits per heavy atom. The van der Waals surface area contributed by atoms with Crippen molar-refractivity contribution in [2.24, 2.45) is 17.8 Å². The Kier molecular flexibility index (Phi) is 6.31. The van der Waals surface area contributed by atoms with Crippen LogP contribution in [-0.2, 0) is 6.42 Å². The van der Waals surface area contributed by atoms with Gasteiger partial charge in [-0.2, -0.15) is 0 Å². The number of nitrogens with one attached hydrogen (secondary N) is 1. The first-order valence-electron chi connectivity index (χ1n) is 7.96. The smallest absolute Gasteiger partial charge is 0.0621 e. The lowest BCUT2D eigenvalue weighted by molar-refractivity contribution is 0.226. The van der Waals surface area contributed by atoms with Gasteiger partial charge in [0.25, 0.3) is 0 Å². The van der Waals surface area contributed by atoms with Gasteiger partial charge < -0.3 is 5.32 Å². The minimum absolute atomic E-state index is 0.728. The maximum atomic E-state index is 6.26. The molecule has 2 atom stereocenters. The second-order valence-electron chi connectivity index (χ2n) is 6.53. The molecule has 1 aromatic rings. The van der Waals surface area contributed by atoms with E-state index in [0.29, 0.717) is 0 Å². The van der Waals surface area contributed by atoms with Gasteiger partial charge >= 0.3 is 0 Å². The number of halogens is 1. The lowest BCUT2D eigenvalue weighted by atomic mass is 9.76. The van der Waals surface area contributed by atoms with Gasteiger partial charge in [0, 0.05) is 12.4 Å². The van der Waals surface area contributed by atoms with Gasteiger partial charge in [-0.05, 0) is 61.7 Å². The van der Waals surface area contributed by atoms with E-state index in [4.69, 9.17) is 11.6 Å². The average Bonchev–Trinajstić information content (AvgIpc) is 2.43. The fourth-order valence-corrected chi connectivity index (χ4v) is 3.43. The highest BCUT2D eigenvalue weighted by Crippen LogP contribution is 2.33. The van der Waals surface area contributed by atoms with Gasteiger partial charge in [0.1, 0.15) is 0 Å². The number of pyridine rings is 1. The summed E-state index contributed by atoms with van der Waals surface area (Å²) < 4.78 is 0. The number of rotatable bonds is 6. The molecule has 1 aliphatic carbocycles. The molecule has 1 fully saturated rings. The van der Waals surface area contributed by atoms with Crippen molar-refractivity contribution in [1.29, 1.82) is 0 Å². The first kappa shape index (κ1) is 15.8. The minimum Gasteiger partial charge on any atom is -0.316 e. The van der Waals surface area contributed by atoms with Gasteiger partial charge in [-0.1, -0.05) is 38.3 Å². The van der Waals surface area contributed by atoms with E-state index in [1.165, 1.54) is 31.2 Å². The van der Waals surface area contributed by atoms with Crippen LogP contribution in [0.4, 0.5) is 0 Å². The lowest BCUT2D eigenvalue weighted by Crippen LogP contribution is -2.33. The molecular weight excluding hydrogens is 268 g/mol. The van der Waals surface area contributed by atoms with E-state index in [1.807, 2.05) is 6.20 Å². The Bertz CT molecular complexity index is 406. The third-order valence-electron chi connectivity index (χ3n) is 4.36. The highest BCUT2D eigenvalue weighted by molar-refractivity contribution is 6.31. The average molecular weight is 295 g/mol. The summed E-state index contributed by atoms with van der Waals surface area (Å²) in [4.78, 5) is 4.08. The van der Waals surface area contributed by atoms with Crippen molar-refractivity contribution in [2.75, 3.05) is 13.1 Å². The summed E-state index contributed by atoms with van der Waals surface area (Å²) in [5.41, 5.74) is 1.27. The molecule has 0 radical (unpaired) electrons. The van der Waals surface area contributed by atoms with Gasteiger partial charge in [-0.3, -0.25) is 4.98 Å².